The van der Waals surface area contributed by atoms with Gasteiger partial charge in [-0.3, -0.25) is 4.68 Å². The van der Waals surface area contributed by atoms with E-state index >= 15 is 0 Å². The van der Waals surface area contributed by atoms with Crippen LogP contribution in [0.3, 0.4) is 0 Å². The van der Waals surface area contributed by atoms with Gasteiger partial charge >= 0.3 is 6.01 Å². The molecule has 10 nitrogen and oxygen atoms in total. The number of piperidine rings is 1. The Hall–Kier alpha value is -1.70. The van der Waals surface area contributed by atoms with Crippen molar-refractivity contribution in [1.29, 1.82) is 0 Å². The molecular formula is C25H36IN7O3. The summed E-state index contributed by atoms with van der Waals surface area (Å²) in [6.45, 7) is 5.48. The quantitative estimate of drug-likeness (QED) is 0.452. The molecule has 3 atom stereocenters. The van der Waals surface area contributed by atoms with Gasteiger partial charge in [-0.25, -0.2) is 0 Å². The molecule has 0 bridgehead atoms. The van der Waals surface area contributed by atoms with E-state index in [0.717, 1.165) is 31.6 Å². The van der Waals surface area contributed by atoms with Crippen molar-refractivity contribution in [3.63, 3.8) is 0 Å². The lowest BCUT2D eigenvalue weighted by Crippen LogP contribution is -2.50. The SMILES string of the molecule is CN1CCC[C@@]2(COc3nc(N4CCOC[C@@](C)(O)C4)c4c5c(c(I)nn5C)n(C)c4n3)CCC[C@@H]12. The van der Waals surface area contributed by atoms with Crippen LogP contribution in [0.5, 0.6) is 6.01 Å². The average molecular weight is 610 g/mol. The Morgan fingerprint density at radius 3 is 2.78 bits per heavy atom. The lowest BCUT2D eigenvalue weighted by atomic mass is 9.76. The first-order chi connectivity index (χ1) is 17.2. The van der Waals surface area contributed by atoms with Crippen molar-refractivity contribution in [2.45, 2.75) is 50.7 Å². The van der Waals surface area contributed by atoms with E-state index < -0.39 is 5.60 Å². The van der Waals surface area contributed by atoms with E-state index in [1.54, 1.807) is 0 Å². The van der Waals surface area contributed by atoms with Gasteiger partial charge < -0.3 is 28.9 Å². The third-order valence-electron chi connectivity index (χ3n) is 8.54. The molecule has 1 N–H and O–H groups in total. The van der Waals surface area contributed by atoms with Gasteiger partial charge in [-0.15, -0.1) is 0 Å². The summed E-state index contributed by atoms with van der Waals surface area (Å²) in [5.41, 5.74) is 2.03. The van der Waals surface area contributed by atoms with Gasteiger partial charge in [-0.1, -0.05) is 6.42 Å². The molecule has 0 radical (unpaired) electrons. The number of aromatic nitrogens is 5. The zero-order chi connectivity index (χ0) is 25.2. The smallest absolute Gasteiger partial charge is 0.320 e. The number of nitrogens with zero attached hydrogens (tertiary/aromatic N) is 7. The van der Waals surface area contributed by atoms with Gasteiger partial charge in [0.2, 0.25) is 0 Å². The van der Waals surface area contributed by atoms with Crippen LogP contribution < -0.4 is 9.64 Å². The molecule has 6 rings (SSSR count). The molecule has 11 heteroatoms. The van der Waals surface area contributed by atoms with E-state index in [-0.39, 0.29) is 5.41 Å². The van der Waals surface area contributed by atoms with Crippen LogP contribution in [0.1, 0.15) is 39.0 Å². The molecule has 2 aliphatic heterocycles. The van der Waals surface area contributed by atoms with Crippen molar-refractivity contribution >= 4 is 50.5 Å². The Kier molecular flexibility index (Phi) is 6.12. The fourth-order valence-electron chi connectivity index (χ4n) is 6.90. The average Bonchev–Trinajstić information content (AvgIpc) is 3.44. The van der Waals surface area contributed by atoms with E-state index in [1.165, 1.54) is 38.6 Å². The minimum Gasteiger partial charge on any atom is -0.463 e. The number of hydrogen-bond acceptors (Lipinski definition) is 8. The van der Waals surface area contributed by atoms with Gasteiger partial charge in [0.15, 0.2) is 5.65 Å². The Balaban J connectivity index is 1.45. The second-order valence-electron chi connectivity index (χ2n) is 11.3. The first-order valence-electron chi connectivity index (χ1n) is 13.0. The monoisotopic (exact) mass is 609 g/mol. The van der Waals surface area contributed by atoms with Gasteiger partial charge in [0.25, 0.3) is 0 Å². The maximum absolute atomic E-state index is 10.9. The molecule has 36 heavy (non-hydrogen) atoms. The zero-order valence-corrected chi connectivity index (χ0v) is 23.8. The van der Waals surface area contributed by atoms with Crippen molar-refractivity contribution in [3.8, 4) is 6.01 Å². The highest BCUT2D eigenvalue weighted by atomic mass is 127. The fourth-order valence-corrected chi connectivity index (χ4v) is 7.84. The molecule has 1 saturated carbocycles. The van der Waals surface area contributed by atoms with Crippen LogP contribution in [0.15, 0.2) is 0 Å². The maximum atomic E-state index is 10.9. The van der Waals surface area contributed by atoms with E-state index in [4.69, 9.17) is 19.4 Å². The Bertz CT molecular complexity index is 1300. The first-order valence-corrected chi connectivity index (χ1v) is 14.0. The highest BCUT2D eigenvalue weighted by Crippen LogP contribution is 2.47. The second kappa shape index (κ2) is 8.95. The molecule has 2 saturated heterocycles. The summed E-state index contributed by atoms with van der Waals surface area (Å²) in [7, 11) is 6.24. The van der Waals surface area contributed by atoms with Crippen molar-refractivity contribution in [3.05, 3.63) is 3.70 Å². The number of ether oxygens (including phenoxy) is 2. The van der Waals surface area contributed by atoms with Crippen LogP contribution >= 0.6 is 22.6 Å². The molecule has 3 aliphatic rings. The van der Waals surface area contributed by atoms with Crippen LogP contribution in [0.25, 0.3) is 22.1 Å². The number of halogens is 1. The third-order valence-corrected chi connectivity index (χ3v) is 9.26. The van der Waals surface area contributed by atoms with Gasteiger partial charge in [0.1, 0.15) is 26.2 Å². The summed E-state index contributed by atoms with van der Waals surface area (Å²) >= 11 is 2.28. The van der Waals surface area contributed by atoms with Gasteiger partial charge in [0, 0.05) is 32.1 Å². The van der Waals surface area contributed by atoms with Crippen molar-refractivity contribution in [1.82, 2.24) is 29.2 Å². The summed E-state index contributed by atoms with van der Waals surface area (Å²) in [6.07, 6.45) is 6.09. The highest BCUT2D eigenvalue weighted by molar-refractivity contribution is 14.1. The van der Waals surface area contributed by atoms with Crippen molar-refractivity contribution in [2.24, 2.45) is 19.5 Å². The number of anilines is 1. The molecule has 0 amide bonds. The summed E-state index contributed by atoms with van der Waals surface area (Å²) in [5.74, 6) is 0.770. The van der Waals surface area contributed by atoms with Gasteiger partial charge in [-0.2, -0.15) is 15.1 Å². The van der Waals surface area contributed by atoms with Crippen LogP contribution in [-0.4, -0.2) is 92.5 Å². The minimum atomic E-state index is -0.980. The Morgan fingerprint density at radius 1 is 1.14 bits per heavy atom. The van der Waals surface area contributed by atoms with E-state index in [2.05, 4.69) is 49.1 Å². The Labute approximate surface area is 225 Å². The predicted molar refractivity (Wildman–Crippen MR) is 147 cm³/mol. The van der Waals surface area contributed by atoms with Crippen LogP contribution in [0, 0.1) is 9.12 Å². The van der Waals surface area contributed by atoms with E-state index in [0.29, 0.717) is 45.0 Å². The molecule has 3 aromatic heterocycles. The van der Waals surface area contributed by atoms with E-state index in [1.807, 2.05) is 25.7 Å². The number of fused-ring (bicyclic) bond motifs is 4. The lowest BCUT2D eigenvalue weighted by Gasteiger charge is -2.44. The van der Waals surface area contributed by atoms with Crippen molar-refractivity contribution < 1.29 is 14.6 Å². The zero-order valence-electron chi connectivity index (χ0n) is 21.6. The molecule has 5 heterocycles. The lowest BCUT2D eigenvalue weighted by molar-refractivity contribution is -0.0123. The molecule has 0 spiro atoms. The number of aryl methyl sites for hydroxylation is 2. The summed E-state index contributed by atoms with van der Waals surface area (Å²) in [6, 6.07) is 0.974. The molecular weight excluding hydrogens is 573 g/mol. The molecule has 3 fully saturated rings. The molecule has 0 aromatic carbocycles. The normalized spacial score (nSPS) is 29.7. The maximum Gasteiger partial charge on any atom is 0.320 e. The second-order valence-corrected chi connectivity index (χ2v) is 12.3. The number of likely N-dealkylation sites (tertiary alicyclic amines) is 1. The molecule has 0 unspecified atom stereocenters. The van der Waals surface area contributed by atoms with Crippen molar-refractivity contribution in [2.75, 3.05) is 51.4 Å². The number of β-amino-alcohol motifs (C(OH)–C–C–N with tert-alkyl or cyclic N) is 1. The largest absolute Gasteiger partial charge is 0.463 e. The topological polar surface area (TPSA) is 93.7 Å². The highest BCUT2D eigenvalue weighted by Gasteiger charge is 2.47. The summed E-state index contributed by atoms with van der Waals surface area (Å²) in [5, 5.41) is 16.5. The molecule has 3 aromatic rings. The summed E-state index contributed by atoms with van der Waals surface area (Å²) < 4.78 is 17.1. The summed E-state index contributed by atoms with van der Waals surface area (Å²) in [4.78, 5) is 14.6. The van der Waals surface area contributed by atoms with Gasteiger partial charge in [0.05, 0.1) is 31.8 Å². The molecule has 1 aliphatic carbocycles. The number of aliphatic hydroxyl groups is 1. The fraction of sp³-hybridized carbons (Fsp3) is 0.720. The van der Waals surface area contributed by atoms with Crippen LogP contribution in [-0.2, 0) is 18.8 Å². The van der Waals surface area contributed by atoms with Crippen LogP contribution in [0.4, 0.5) is 5.82 Å². The van der Waals surface area contributed by atoms with E-state index in [9.17, 15) is 5.11 Å². The van der Waals surface area contributed by atoms with Crippen LogP contribution in [0.2, 0.25) is 0 Å². The standard InChI is InChI=1S/C25H36IN7O3/c1-24(34)13-33(11-12-35-14-24)22-17-18-19(20(26)29-32(18)4)31(3)21(17)27-23(28-22)36-15-25-8-5-7-16(25)30(2)10-6-9-25/h16,34H,5-15H2,1-4H3/t16-,24+,25-/m1/s1. The predicted octanol–water partition coefficient (Wildman–Crippen LogP) is 2.69. The number of hydrogen-bond donors (Lipinski definition) is 1. The minimum absolute atomic E-state index is 0.170. The third kappa shape index (κ3) is 3.97. The Morgan fingerprint density at radius 2 is 1.94 bits per heavy atom. The molecule has 196 valence electrons. The number of rotatable bonds is 4. The van der Waals surface area contributed by atoms with Gasteiger partial charge in [-0.05, 0) is 68.8 Å². The first kappa shape index (κ1) is 24.6.